The van der Waals surface area contributed by atoms with Gasteiger partial charge in [0.1, 0.15) is 11.9 Å². The molecule has 1 heterocycles. The lowest BCUT2D eigenvalue weighted by Gasteiger charge is -2.38. The van der Waals surface area contributed by atoms with Crippen molar-refractivity contribution in [3.8, 4) is 0 Å². The van der Waals surface area contributed by atoms with Gasteiger partial charge < -0.3 is 10.6 Å². The molecule has 0 bridgehead atoms. The van der Waals surface area contributed by atoms with Gasteiger partial charge in [0.05, 0.1) is 0 Å². The van der Waals surface area contributed by atoms with Crippen LogP contribution in [0.3, 0.4) is 0 Å². The van der Waals surface area contributed by atoms with E-state index in [9.17, 15) is 14.0 Å². The average Bonchev–Trinajstić information content (AvgIpc) is 3.33. The first-order chi connectivity index (χ1) is 11.5. The molecule has 2 amide bonds. The summed E-state index contributed by atoms with van der Waals surface area (Å²) in [5.41, 5.74) is 0.790. The highest BCUT2D eigenvalue weighted by atomic mass is 19.1. The summed E-state index contributed by atoms with van der Waals surface area (Å²) in [6.45, 7) is 2.92. The lowest BCUT2D eigenvalue weighted by molar-refractivity contribution is -0.127. The fraction of sp³-hybridized carbons (Fsp3) is 0.556. The number of carbonyl (C=O) groups is 2. The lowest BCUT2D eigenvalue weighted by Crippen LogP contribution is -2.51. The van der Waals surface area contributed by atoms with Crippen LogP contribution in [0.1, 0.15) is 44.2 Å². The molecule has 1 aliphatic carbocycles. The number of nitrogens with one attached hydrogen (secondary N) is 2. The van der Waals surface area contributed by atoms with Gasteiger partial charge in [-0.1, -0.05) is 12.1 Å². The molecule has 0 aromatic heterocycles. The first kappa shape index (κ1) is 16.9. The molecule has 24 heavy (non-hydrogen) atoms. The Kier molecular flexibility index (Phi) is 5.14. The summed E-state index contributed by atoms with van der Waals surface area (Å²) in [5, 5.41) is 6.01. The van der Waals surface area contributed by atoms with Gasteiger partial charge in [-0.2, -0.15) is 0 Å². The molecule has 2 fully saturated rings. The van der Waals surface area contributed by atoms with Crippen LogP contribution in [0, 0.1) is 5.82 Å². The van der Waals surface area contributed by atoms with E-state index in [1.807, 2.05) is 0 Å². The Balaban J connectivity index is 1.78. The number of hydrogen-bond acceptors (Lipinski definition) is 3. The summed E-state index contributed by atoms with van der Waals surface area (Å²) >= 11 is 0. The van der Waals surface area contributed by atoms with E-state index in [0.717, 1.165) is 37.8 Å². The van der Waals surface area contributed by atoms with E-state index in [4.69, 9.17) is 0 Å². The maximum atomic E-state index is 13.3. The fourth-order valence-electron chi connectivity index (χ4n) is 3.33. The van der Waals surface area contributed by atoms with Crippen LogP contribution < -0.4 is 10.6 Å². The highest BCUT2D eigenvalue weighted by Gasteiger charge is 2.34. The molecule has 2 atom stereocenters. The van der Waals surface area contributed by atoms with Crippen molar-refractivity contribution in [2.45, 2.75) is 50.7 Å². The molecular formula is C18H24FN3O2. The molecule has 1 saturated carbocycles. The van der Waals surface area contributed by atoms with Crippen LogP contribution in [0.15, 0.2) is 24.3 Å². The zero-order chi connectivity index (χ0) is 17.1. The van der Waals surface area contributed by atoms with Gasteiger partial charge in [0.15, 0.2) is 0 Å². The zero-order valence-corrected chi connectivity index (χ0v) is 13.9. The third-order valence-electron chi connectivity index (χ3n) is 4.58. The van der Waals surface area contributed by atoms with Gasteiger partial charge >= 0.3 is 0 Å². The minimum atomic E-state index is -0.442. The Morgan fingerprint density at radius 1 is 1.12 bits per heavy atom. The summed E-state index contributed by atoms with van der Waals surface area (Å²) in [5.74, 6) is -0.398. The first-order valence-corrected chi connectivity index (χ1v) is 8.60. The molecule has 3 rings (SSSR count). The number of benzene rings is 1. The van der Waals surface area contributed by atoms with Gasteiger partial charge in [0.25, 0.3) is 0 Å². The number of nitrogens with zero attached hydrogens (tertiary/aromatic N) is 1. The molecule has 1 aliphatic heterocycles. The Labute approximate surface area is 141 Å². The van der Waals surface area contributed by atoms with Gasteiger partial charge in [-0.25, -0.2) is 4.39 Å². The summed E-state index contributed by atoms with van der Waals surface area (Å²) in [6, 6.07) is 6.01. The normalized spacial score (nSPS) is 22.7. The molecule has 0 unspecified atom stereocenters. The van der Waals surface area contributed by atoms with E-state index in [1.165, 1.54) is 19.1 Å². The third-order valence-corrected chi connectivity index (χ3v) is 4.58. The minimum absolute atomic E-state index is 0.0346. The third kappa shape index (κ3) is 4.32. The molecule has 0 spiro atoms. The zero-order valence-electron chi connectivity index (χ0n) is 13.9. The Morgan fingerprint density at radius 2 is 1.83 bits per heavy atom. The van der Waals surface area contributed by atoms with Crippen LogP contribution in [0.2, 0.25) is 0 Å². The summed E-state index contributed by atoms with van der Waals surface area (Å²) in [6.07, 6.45) is 3.88. The van der Waals surface area contributed by atoms with E-state index in [2.05, 4.69) is 15.5 Å². The van der Waals surface area contributed by atoms with Crippen molar-refractivity contribution in [1.29, 1.82) is 0 Å². The molecule has 0 radical (unpaired) electrons. The summed E-state index contributed by atoms with van der Waals surface area (Å²) < 4.78 is 13.3. The second-order valence-corrected chi connectivity index (χ2v) is 6.77. The van der Waals surface area contributed by atoms with Gasteiger partial charge in [-0.3, -0.25) is 14.5 Å². The molecule has 2 aliphatic rings. The Hall–Kier alpha value is -1.95. The van der Waals surface area contributed by atoms with E-state index >= 15 is 0 Å². The first-order valence-electron chi connectivity index (χ1n) is 8.60. The highest BCUT2D eigenvalue weighted by molar-refractivity contribution is 5.83. The number of halogens is 1. The predicted molar refractivity (Wildman–Crippen MR) is 88.7 cm³/mol. The van der Waals surface area contributed by atoms with E-state index in [-0.39, 0.29) is 29.7 Å². The van der Waals surface area contributed by atoms with Crippen LogP contribution >= 0.6 is 0 Å². The number of amides is 2. The molecule has 1 aromatic rings. The number of carbonyl (C=O) groups excluding carboxylic acids is 2. The van der Waals surface area contributed by atoms with Crippen molar-refractivity contribution in [1.82, 2.24) is 15.5 Å². The summed E-state index contributed by atoms with van der Waals surface area (Å²) in [7, 11) is 0. The monoisotopic (exact) mass is 333 g/mol. The average molecular weight is 333 g/mol. The maximum absolute atomic E-state index is 13.3. The van der Waals surface area contributed by atoms with Crippen LogP contribution in [-0.2, 0) is 9.59 Å². The van der Waals surface area contributed by atoms with E-state index < -0.39 is 6.04 Å². The molecule has 5 nitrogen and oxygen atoms in total. The quantitative estimate of drug-likeness (QED) is 0.863. The Morgan fingerprint density at radius 3 is 2.46 bits per heavy atom. The van der Waals surface area contributed by atoms with Crippen LogP contribution in [0.5, 0.6) is 0 Å². The van der Waals surface area contributed by atoms with Gasteiger partial charge in [0.2, 0.25) is 11.8 Å². The molecule has 1 aromatic carbocycles. The lowest BCUT2D eigenvalue weighted by atomic mass is 9.98. The van der Waals surface area contributed by atoms with E-state index in [0.29, 0.717) is 6.54 Å². The van der Waals surface area contributed by atoms with Crippen molar-refractivity contribution < 1.29 is 14.0 Å². The van der Waals surface area contributed by atoms with Gasteiger partial charge in [-0.15, -0.1) is 0 Å². The number of piperidine rings is 1. The van der Waals surface area contributed by atoms with Crippen LogP contribution in [-0.4, -0.2) is 41.9 Å². The van der Waals surface area contributed by atoms with E-state index in [1.54, 1.807) is 12.1 Å². The van der Waals surface area contributed by atoms with Crippen molar-refractivity contribution in [2.75, 3.05) is 13.1 Å². The summed E-state index contributed by atoms with van der Waals surface area (Å²) in [4.78, 5) is 26.2. The second-order valence-electron chi connectivity index (χ2n) is 6.77. The van der Waals surface area contributed by atoms with Crippen LogP contribution in [0.4, 0.5) is 4.39 Å². The van der Waals surface area contributed by atoms with Gasteiger partial charge in [0, 0.05) is 25.6 Å². The maximum Gasteiger partial charge on any atom is 0.242 e. The Bertz CT molecular complexity index is 601. The second kappa shape index (κ2) is 7.30. The minimum Gasteiger partial charge on any atom is -0.352 e. The molecule has 130 valence electrons. The SMILES string of the molecule is CC(=O)N[C@H]1CCCN([C@@H](C(=O)NC2CC2)c2ccc(F)cc2)C1. The van der Waals surface area contributed by atoms with Crippen molar-refractivity contribution in [2.24, 2.45) is 0 Å². The molecule has 6 heteroatoms. The number of rotatable bonds is 5. The van der Waals surface area contributed by atoms with Gasteiger partial charge in [-0.05, 0) is 49.9 Å². The molecule has 2 N–H and O–H groups in total. The van der Waals surface area contributed by atoms with Crippen LogP contribution in [0.25, 0.3) is 0 Å². The standard InChI is InChI=1S/C18H24FN3O2/c1-12(23)20-16-3-2-10-22(11-16)17(18(24)21-15-8-9-15)13-4-6-14(19)7-5-13/h4-7,15-17H,2-3,8-11H2,1H3,(H,20,23)(H,21,24)/t16-,17+/m0/s1. The molecular weight excluding hydrogens is 309 g/mol. The number of hydrogen-bond donors (Lipinski definition) is 2. The smallest absolute Gasteiger partial charge is 0.242 e. The highest BCUT2D eigenvalue weighted by Crippen LogP contribution is 2.27. The molecule has 1 saturated heterocycles. The predicted octanol–water partition coefficient (Wildman–Crippen LogP) is 1.75. The van der Waals surface area contributed by atoms with Crippen molar-refractivity contribution in [3.63, 3.8) is 0 Å². The largest absolute Gasteiger partial charge is 0.352 e. The topological polar surface area (TPSA) is 61.4 Å². The fourth-order valence-corrected chi connectivity index (χ4v) is 3.33. The van der Waals surface area contributed by atoms with Crippen molar-refractivity contribution >= 4 is 11.8 Å². The number of likely N-dealkylation sites (tertiary alicyclic amines) is 1. The van der Waals surface area contributed by atoms with Crippen molar-refractivity contribution in [3.05, 3.63) is 35.6 Å².